The molecule has 0 saturated carbocycles. The van der Waals surface area contributed by atoms with Gasteiger partial charge in [0.1, 0.15) is 0 Å². The zero-order valence-electron chi connectivity index (χ0n) is 11.1. The van der Waals surface area contributed by atoms with Gasteiger partial charge in [0.2, 0.25) is 0 Å². The summed E-state index contributed by atoms with van der Waals surface area (Å²) < 4.78 is 39.2. The number of hydrogen-bond donors (Lipinski definition) is 1. The lowest BCUT2D eigenvalue weighted by atomic mass is 10.1. The lowest BCUT2D eigenvalue weighted by Crippen LogP contribution is -2.43. The summed E-state index contributed by atoms with van der Waals surface area (Å²) in [5, 5.41) is 10.8. The number of rotatable bonds is 2. The number of aromatic nitrogens is 3. The van der Waals surface area contributed by atoms with Gasteiger partial charge in [-0.15, -0.1) is 5.10 Å². The summed E-state index contributed by atoms with van der Waals surface area (Å²) in [5.74, 6) is -0.383. The topological polar surface area (TPSA) is 63.1 Å². The van der Waals surface area contributed by atoms with Crippen LogP contribution in [0.15, 0.2) is 17.8 Å². The molecular formula is C12H14F3N5O. The highest BCUT2D eigenvalue weighted by Crippen LogP contribution is 2.30. The number of halogens is 3. The highest BCUT2D eigenvalue weighted by Gasteiger charge is 2.36. The summed E-state index contributed by atoms with van der Waals surface area (Å²) in [6, 6.07) is 0.192. The van der Waals surface area contributed by atoms with Crippen LogP contribution in [0.5, 0.6) is 0 Å². The Morgan fingerprint density at radius 1 is 1.38 bits per heavy atom. The molecule has 114 valence electrons. The number of alkyl halides is 3. The highest BCUT2D eigenvalue weighted by molar-refractivity contribution is 5.92. The Hall–Kier alpha value is -1.90. The van der Waals surface area contributed by atoms with Gasteiger partial charge in [-0.25, -0.2) is 4.68 Å². The van der Waals surface area contributed by atoms with E-state index in [0.29, 0.717) is 0 Å². The lowest BCUT2D eigenvalue weighted by molar-refractivity contribution is -0.0957. The zero-order chi connectivity index (χ0) is 15.0. The van der Waals surface area contributed by atoms with E-state index < -0.39 is 11.7 Å². The maximum absolute atomic E-state index is 12.5. The quantitative estimate of drug-likeness (QED) is 0.819. The first-order chi connectivity index (χ1) is 9.95. The lowest BCUT2D eigenvalue weighted by Gasteiger charge is -2.27. The van der Waals surface area contributed by atoms with Crippen molar-refractivity contribution in [1.82, 2.24) is 25.2 Å². The minimum absolute atomic E-state index is 0.0437. The average Bonchev–Trinajstić information content (AvgIpc) is 2.84. The van der Waals surface area contributed by atoms with Gasteiger partial charge in [0.25, 0.3) is 5.91 Å². The van der Waals surface area contributed by atoms with Crippen LogP contribution in [0.1, 0.15) is 23.0 Å². The van der Waals surface area contributed by atoms with Crippen molar-refractivity contribution in [1.29, 1.82) is 0 Å². The molecule has 1 fully saturated rings. The van der Waals surface area contributed by atoms with Gasteiger partial charge in [-0.1, -0.05) is 11.3 Å². The molecule has 0 radical (unpaired) electrons. The van der Waals surface area contributed by atoms with Crippen LogP contribution in [0.2, 0.25) is 0 Å². The second-order valence-electron chi connectivity index (χ2n) is 5.12. The SMILES string of the molecule is O=C(c1cn(C2CNC2)nn1)N1CC=C(C(F)(F)F)CC1. The first kappa shape index (κ1) is 14.1. The molecule has 0 atom stereocenters. The summed E-state index contributed by atoms with van der Waals surface area (Å²) in [6.07, 6.45) is -1.89. The molecule has 0 aromatic carbocycles. The van der Waals surface area contributed by atoms with E-state index in [4.69, 9.17) is 0 Å². The molecule has 0 unspecified atom stereocenters. The largest absolute Gasteiger partial charge is 0.412 e. The van der Waals surface area contributed by atoms with Gasteiger partial charge in [0.05, 0.1) is 12.2 Å². The Morgan fingerprint density at radius 3 is 2.67 bits per heavy atom. The molecule has 0 bridgehead atoms. The maximum atomic E-state index is 12.5. The van der Waals surface area contributed by atoms with Crippen LogP contribution in [0.25, 0.3) is 0 Å². The molecule has 21 heavy (non-hydrogen) atoms. The molecule has 0 aliphatic carbocycles. The van der Waals surface area contributed by atoms with Crippen molar-refractivity contribution in [3.63, 3.8) is 0 Å². The van der Waals surface area contributed by atoms with E-state index in [0.717, 1.165) is 19.2 Å². The summed E-state index contributed by atoms with van der Waals surface area (Å²) >= 11 is 0. The van der Waals surface area contributed by atoms with E-state index in [9.17, 15) is 18.0 Å². The zero-order valence-corrected chi connectivity index (χ0v) is 11.1. The minimum atomic E-state index is -4.31. The number of carbonyl (C=O) groups excluding carboxylic acids is 1. The highest BCUT2D eigenvalue weighted by atomic mass is 19.4. The van der Waals surface area contributed by atoms with E-state index in [1.165, 1.54) is 4.90 Å². The Kier molecular flexibility index (Phi) is 3.44. The van der Waals surface area contributed by atoms with Crippen LogP contribution in [-0.4, -0.2) is 58.2 Å². The molecule has 1 aromatic rings. The van der Waals surface area contributed by atoms with Crippen molar-refractivity contribution in [3.05, 3.63) is 23.5 Å². The summed E-state index contributed by atoms with van der Waals surface area (Å²) in [7, 11) is 0. The first-order valence-corrected chi connectivity index (χ1v) is 6.63. The van der Waals surface area contributed by atoms with E-state index in [1.807, 2.05) is 0 Å². The molecule has 2 aliphatic rings. The summed E-state index contributed by atoms with van der Waals surface area (Å²) in [4.78, 5) is 13.5. The van der Waals surface area contributed by atoms with Crippen LogP contribution in [0, 0.1) is 0 Å². The summed E-state index contributed by atoms with van der Waals surface area (Å²) in [6.45, 7) is 1.55. The first-order valence-electron chi connectivity index (χ1n) is 6.63. The fraction of sp³-hybridized carbons (Fsp3) is 0.583. The molecule has 1 N–H and O–H groups in total. The van der Waals surface area contributed by atoms with Crippen molar-refractivity contribution in [2.45, 2.75) is 18.6 Å². The number of nitrogens with zero attached hydrogens (tertiary/aromatic N) is 4. The third-order valence-corrected chi connectivity index (χ3v) is 3.72. The van der Waals surface area contributed by atoms with Crippen molar-refractivity contribution in [3.8, 4) is 0 Å². The minimum Gasteiger partial charge on any atom is -0.333 e. The van der Waals surface area contributed by atoms with E-state index in [2.05, 4.69) is 15.6 Å². The van der Waals surface area contributed by atoms with E-state index in [1.54, 1.807) is 10.9 Å². The van der Waals surface area contributed by atoms with Crippen molar-refractivity contribution in [2.24, 2.45) is 0 Å². The van der Waals surface area contributed by atoms with Gasteiger partial charge in [-0.3, -0.25) is 4.79 Å². The fourth-order valence-corrected chi connectivity index (χ4v) is 2.29. The molecule has 3 heterocycles. The third-order valence-electron chi connectivity index (χ3n) is 3.72. The second kappa shape index (κ2) is 5.14. The van der Waals surface area contributed by atoms with E-state index >= 15 is 0 Å². The van der Waals surface area contributed by atoms with Crippen LogP contribution in [0.3, 0.4) is 0 Å². The number of carbonyl (C=O) groups is 1. The Morgan fingerprint density at radius 2 is 2.14 bits per heavy atom. The van der Waals surface area contributed by atoms with Crippen LogP contribution in [0.4, 0.5) is 13.2 Å². The predicted octanol–water partition coefficient (Wildman–Crippen LogP) is 0.757. The maximum Gasteiger partial charge on any atom is 0.412 e. The molecule has 1 amide bonds. The molecular weight excluding hydrogens is 287 g/mol. The second-order valence-corrected chi connectivity index (χ2v) is 5.12. The van der Waals surface area contributed by atoms with Crippen molar-refractivity contribution >= 4 is 5.91 Å². The third kappa shape index (κ3) is 2.78. The smallest absolute Gasteiger partial charge is 0.333 e. The Bertz CT molecular complexity index is 576. The Labute approximate surface area is 118 Å². The van der Waals surface area contributed by atoms with Gasteiger partial charge < -0.3 is 10.2 Å². The molecule has 6 nitrogen and oxygen atoms in total. The van der Waals surface area contributed by atoms with Crippen molar-refractivity contribution < 1.29 is 18.0 Å². The van der Waals surface area contributed by atoms with Crippen LogP contribution in [-0.2, 0) is 0 Å². The van der Waals surface area contributed by atoms with Gasteiger partial charge in [0, 0.05) is 31.8 Å². The average molecular weight is 301 g/mol. The van der Waals surface area contributed by atoms with Gasteiger partial charge in [0.15, 0.2) is 5.69 Å². The standard InChI is InChI=1S/C12H14F3N5O/c13-12(14,15)8-1-3-19(4-2-8)11(21)10-7-20(18-17-10)9-5-16-6-9/h1,7,9,16H,2-6H2. The molecule has 3 rings (SSSR count). The molecule has 1 saturated heterocycles. The van der Waals surface area contributed by atoms with Crippen LogP contribution < -0.4 is 5.32 Å². The van der Waals surface area contributed by atoms with E-state index in [-0.39, 0.29) is 37.2 Å². The van der Waals surface area contributed by atoms with Gasteiger partial charge in [-0.05, 0) is 6.42 Å². The molecule has 1 aromatic heterocycles. The predicted molar refractivity (Wildman–Crippen MR) is 66.6 cm³/mol. The summed E-state index contributed by atoms with van der Waals surface area (Å²) in [5.41, 5.74) is -0.401. The van der Waals surface area contributed by atoms with Crippen LogP contribution >= 0.6 is 0 Å². The number of nitrogens with one attached hydrogen (secondary N) is 1. The number of amides is 1. The molecule has 2 aliphatic heterocycles. The van der Waals surface area contributed by atoms with Gasteiger partial charge >= 0.3 is 6.18 Å². The fourth-order valence-electron chi connectivity index (χ4n) is 2.29. The number of hydrogen-bond acceptors (Lipinski definition) is 4. The molecule has 9 heteroatoms. The Balaban J connectivity index is 1.66. The molecule has 0 spiro atoms. The van der Waals surface area contributed by atoms with Crippen molar-refractivity contribution in [2.75, 3.05) is 26.2 Å². The monoisotopic (exact) mass is 301 g/mol. The van der Waals surface area contributed by atoms with Gasteiger partial charge in [-0.2, -0.15) is 13.2 Å². The normalized spacial score (nSPS) is 20.1.